The highest BCUT2D eigenvalue weighted by atomic mass is 31.2. The monoisotopic (exact) mass is 228 g/mol. The van der Waals surface area contributed by atoms with Gasteiger partial charge in [-0.15, -0.1) is 0 Å². The van der Waals surface area contributed by atoms with Crippen LogP contribution >= 0.6 is 7.82 Å². The van der Waals surface area contributed by atoms with Gasteiger partial charge in [0.2, 0.25) is 0 Å². The maximum Gasteiger partial charge on any atom is 0.474 e. The number of aliphatic hydroxyl groups excluding tert-OH is 2. The van der Waals surface area contributed by atoms with E-state index in [0.29, 0.717) is 0 Å². The Labute approximate surface area is 83.4 Å². The number of hydrogen-bond donors (Lipinski definition) is 2. The zero-order valence-corrected chi connectivity index (χ0v) is 9.27. The van der Waals surface area contributed by atoms with Crippen LogP contribution < -0.4 is 0 Å². The highest BCUT2D eigenvalue weighted by Crippen LogP contribution is 2.49. The lowest BCUT2D eigenvalue weighted by atomic mass is 10.4. The van der Waals surface area contributed by atoms with Gasteiger partial charge in [-0.25, -0.2) is 4.57 Å². The van der Waals surface area contributed by atoms with Crippen molar-refractivity contribution in [1.82, 2.24) is 0 Å². The lowest BCUT2D eigenvalue weighted by Crippen LogP contribution is -2.19. The van der Waals surface area contributed by atoms with Crippen molar-refractivity contribution in [1.29, 1.82) is 0 Å². The molecule has 0 amide bonds. The lowest BCUT2D eigenvalue weighted by Gasteiger charge is -2.17. The van der Waals surface area contributed by atoms with Crippen LogP contribution in [0.5, 0.6) is 0 Å². The highest BCUT2D eigenvalue weighted by Gasteiger charge is 2.26. The van der Waals surface area contributed by atoms with Gasteiger partial charge >= 0.3 is 7.82 Å². The van der Waals surface area contributed by atoms with Crippen LogP contribution in [0.3, 0.4) is 0 Å². The van der Waals surface area contributed by atoms with E-state index in [0.717, 1.165) is 0 Å². The molecule has 0 saturated carbocycles. The molecule has 2 N–H and O–H groups in total. The van der Waals surface area contributed by atoms with Crippen molar-refractivity contribution in [3.8, 4) is 0 Å². The summed E-state index contributed by atoms with van der Waals surface area (Å²) in [5.41, 5.74) is 0. The SMILES string of the molecule is CCOP(=O)(OCC)OC[C@@H](O)CO. The maximum atomic E-state index is 11.6. The predicted molar refractivity (Wildman–Crippen MR) is 49.9 cm³/mol. The molecule has 0 unspecified atom stereocenters. The molecule has 86 valence electrons. The quantitative estimate of drug-likeness (QED) is 0.590. The van der Waals surface area contributed by atoms with E-state index in [4.69, 9.17) is 23.8 Å². The maximum absolute atomic E-state index is 11.6. The van der Waals surface area contributed by atoms with E-state index in [1.54, 1.807) is 13.8 Å². The minimum atomic E-state index is -3.56. The number of phosphoric ester groups is 1. The second-order valence-electron chi connectivity index (χ2n) is 2.41. The Balaban J connectivity index is 4.02. The standard InChI is InChI=1S/C7H17O6P/c1-3-11-14(10,12-4-2)13-6-7(9)5-8/h7-9H,3-6H2,1-2H3/t7-/m0/s1. The van der Waals surface area contributed by atoms with Gasteiger partial charge in [-0.05, 0) is 13.8 Å². The van der Waals surface area contributed by atoms with Crippen molar-refractivity contribution in [2.45, 2.75) is 20.0 Å². The largest absolute Gasteiger partial charge is 0.474 e. The van der Waals surface area contributed by atoms with Gasteiger partial charge in [-0.1, -0.05) is 0 Å². The minimum Gasteiger partial charge on any atom is -0.394 e. The van der Waals surface area contributed by atoms with Gasteiger partial charge in [0.15, 0.2) is 0 Å². The van der Waals surface area contributed by atoms with Crippen LogP contribution in [0.1, 0.15) is 13.8 Å². The third-order valence-electron chi connectivity index (χ3n) is 1.21. The summed E-state index contributed by atoms with van der Waals surface area (Å²) in [5, 5.41) is 17.4. The Hall–Kier alpha value is 0.0300. The van der Waals surface area contributed by atoms with Crippen LogP contribution in [-0.4, -0.2) is 42.7 Å². The third-order valence-corrected chi connectivity index (χ3v) is 2.82. The van der Waals surface area contributed by atoms with E-state index in [1.807, 2.05) is 0 Å². The summed E-state index contributed by atoms with van der Waals surface area (Å²) < 4.78 is 25.9. The van der Waals surface area contributed by atoms with Crippen molar-refractivity contribution >= 4 is 7.82 Å². The second-order valence-corrected chi connectivity index (χ2v) is 4.08. The van der Waals surface area contributed by atoms with Gasteiger partial charge in [0, 0.05) is 0 Å². The fourth-order valence-corrected chi connectivity index (χ4v) is 1.87. The molecule has 0 aromatic rings. The molecule has 0 aromatic heterocycles. The Morgan fingerprint density at radius 2 is 1.71 bits per heavy atom. The molecule has 0 saturated heterocycles. The summed E-state index contributed by atoms with van der Waals surface area (Å²) in [7, 11) is -3.56. The van der Waals surface area contributed by atoms with Crippen LogP contribution in [0.4, 0.5) is 0 Å². The fraction of sp³-hybridized carbons (Fsp3) is 1.00. The summed E-state index contributed by atoms with van der Waals surface area (Å²) in [6.45, 7) is 2.93. The number of aliphatic hydroxyl groups is 2. The first-order valence-corrected chi connectivity index (χ1v) is 5.86. The molecule has 0 spiro atoms. The van der Waals surface area contributed by atoms with E-state index in [1.165, 1.54) is 0 Å². The van der Waals surface area contributed by atoms with E-state index >= 15 is 0 Å². The molecule has 6 nitrogen and oxygen atoms in total. The fourth-order valence-electron chi connectivity index (χ4n) is 0.658. The molecule has 1 atom stereocenters. The first-order chi connectivity index (χ1) is 6.58. The Bertz CT molecular complexity index is 175. The lowest BCUT2D eigenvalue weighted by molar-refractivity contribution is 0.0309. The van der Waals surface area contributed by atoms with Crippen LogP contribution in [0.25, 0.3) is 0 Å². The van der Waals surface area contributed by atoms with E-state index in [9.17, 15) is 4.57 Å². The van der Waals surface area contributed by atoms with Gasteiger partial charge in [0.25, 0.3) is 0 Å². The summed E-state index contributed by atoms with van der Waals surface area (Å²) >= 11 is 0. The molecule has 7 heteroatoms. The van der Waals surface area contributed by atoms with Crippen molar-refractivity contribution in [2.24, 2.45) is 0 Å². The molecule has 0 aliphatic heterocycles. The van der Waals surface area contributed by atoms with Gasteiger partial charge in [0.05, 0.1) is 26.4 Å². The molecule has 0 bridgehead atoms. The summed E-state index contributed by atoms with van der Waals surface area (Å²) in [6, 6.07) is 0. The van der Waals surface area contributed by atoms with E-state index in [2.05, 4.69) is 0 Å². The zero-order chi connectivity index (χ0) is 11.0. The van der Waals surface area contributed by atoms with Gasteiger partial charge in [-0.3, -0.25) is 13.6 Å². The molecule has 0 fully saturated rings. The zero-order valence-electron chi connectivity index (χ0n) is 8.38. The number of hydrogen-bond acceptors (Lipinski definition) is 6. The van der Waals surface area contributed by atoms with Crippen molar-refractivity contribution in [3.63, 3.8) is 0 Å². The molecule has 14 heavy (non-hydrogen) atoms. The molecule has 0 rings (SSSR count). The molecular weight excluding hydrogens is 211 g/mol. The van der Waals surface area contributed by atoms with Gasteiger partial charge in [0.1, 0.15) is 6.10 Å². The Kier molecular flexibility index (Phi) is 7.35. The van der Waals surface area contributed by atoms with Crippen LogP contribution in [0.15, 0.2) is 0 Å². The van der Waals surface area contributed by atoms with Gasteiger partial charge < -0.3 is 10.2 Å². The molecule has 0 aromatic carbocycles. The summed E-state index contributed by atoms with van der Waals surface area (Å²) in [4.78, 5) is 0. The average molecular weight is 228 g/mol. The predicted octanol–water partition coefficient (Wildman–Crippen LogP) is 0.537. The smallest absolute Gasteiger partial charge is 0.394 e. The van der Waals surface area contributed by atoms with Crippen LogP contribution in [0, 0.1) is 0 Å². The summed E-state index contributed by atoms with van der Waals surface area (Å²) in [5.74, 6) is 0. The number of rotatable bonds is 8. The Morgan fingerprint density at radius 3 is 2.07 bits per heavy atom. The highest BCUT2D eigenvalue weighted by molar-refractivity contribution is 7.48. The summed E-state index contributed by atoms with van der Waals surface area (Å²) in [6.07, 6.45) is -1.08. The molecule has 0 radical (unpaired) electrons. The van der Waals surface area contributed by atoms with Crippen molar-refractivity contribution in [2.75, 3.05) is 26.4 Å². The van der Waals surface area contributed by atoms with Crippen molar-refractivity contribution < 1.29 is 28.3 Å². The molecular formula is C7H17O6P. The molecule has 0 aliphatic carbocycles. The normalized spacial score (nSPS) is 14.3. The van der Waals surface area contributed by atoms with Crippen LogP contribution in [0.2, 0.25) is 0 Å². The second kappa shape index (κ2) is 7.34. The Morgan fingerprint density at radius 1 is 1.21 bits per heavy atom. The topological polar surface area (TPSA) is 85.2 Å². The number of phosphoric acid groups is 1. The van der Waals surface area contributed by atoms with E-state index in [-0.39, 0.29) is 19.8 Å². The van der Waals surface area contributed by atoms with Gasteiger partial charge in [-0.2, -0.15) is 0 Å². The van der Waals surface area contributed by atoms with E-state index < -0.39 is 20.5 Å². The minimum absolute atomic E-state index is 0.187. The first-order valence-electron chi connectivity index (χ1n) is 4.40. The van der Waals surface area contributed by atoms with Crippen LogP contribution in [-0.2, 0) is 18.1 Å². The third kappa shape index (κ3) is 5.70. The molecule has 0 heterocycles. The van der Waals surface area contributed by atoms with Crippen molar-refractivity contribution in [3.05, 3.63) is 0 Å². The molecule has 0 aliphatic rings. The average Bonchev–Trinajstić information content (AvgIpc) is 2.15. The first kappa shape index (κ1) is 14.0.